The number of fused-ring (bicyclic) bond motifs is 1. The van der Waals surface area contributed by atoms with Gasteiger partial charge < -0.3 is 14.8 Å². The first-order valence-corrected chi connectivity index (χ1v) is 9.02. The molecule has 1 saturated heterocycles. The van der Waals surface area contributed by atoms with E-state index >= 15 is 0 Å². The van der Waals surface area contributed by atoms with Gasteiger partial charge in [0.05, 0.1) is 17.1 Å². The summed E-state index contributed by atoms with van der Waals surface area (Å²) >= 11 is 0. The van der Waals surface area contributed by atoms with Gasteiger partial charge in [0.25, 0.3) is 0 Å². The molecule has 5 heteroatoms. The lowest BCUT2D eigenvalue weighted by atomic mass is 9.94. The van der Waals surface area contributed by atoms with Crippen molar-refractivity contribution < 1.29 is 4.79 Å². The van der Waals surface area contributed by atoms with Gasteiger partial charge in [0, 0.05) is 24.2 Å². The predicted molar refractivity (Wildman–Crippen MR) is 105 cm³/mol. The van der Waals surface area contributed by atoms with Crippen LogP contribution in [-0.2, 0) is 5.41 Å². The first-order valence-electron chi connectivity index (χ1n) is 9.02. The van der Waals surface area contributed by atoms with Crippen LogP contribution in [0.25, 0.3) is 11.0 Å². The Labute approximate surface area is 153 Å². The van der Waals surface area contributed by atoms with E-state index in [-0.39, 0.29) is 17.5 Å². The molecule has 1 fully saturated rings. The number of aromatic nitrogens is 2. The molecule has 1 aliphatic heterocycles. The number of para-hydroxylation sites is 3. The van der Waals surface area contributed by atoms with E-state index in [9.17, 15) is 4.79 Å². The Hall–Kier alpha value is -2.82. The molecule has 26 heavy (non-hydrogen) atoms. The van der Waals surface area contributed by atoms with Crippen LogP contribution in [0, 0.1) is 0 Å². The zero-order chi connectivity index (χ0) is 18.3. The Balaban J connectivity index is 1.54. The molecule has 1 aliphatic rings. The minimum atomic E-state index is -0.0499. The number of nitrogens with zero attached hydrogens (tertiary/aromatic N) is 3. The number of carbonyl (C=O) groups excluding carboxylic acids is 1. The van der Waals surface area contributed by atoms with Crippen LogP contribution in [0.3, 0.4) is 0 Å². The van der Waals surface area contributed by atoms with Crippen molar-refractivity contribution in [1.29, 1.82) is 0 Å². The van der Waals surface area contributed by atoms with Crippen molar-refractivity contribution in [3.05, 3.63) is 60.4 Å². The number of rotatable bonds is 2. The smallest absolute Gasteiger partial charge is 0.321 e. The van der Waals surface area contributed by atoms with Crippen LogP contribution in [0.15, 0.2) is 54.6 Å². The number of amides is 2. The second-order valence-electron chi connectivity index (χ2n) is 7.90. The molecule has 0 unspecified atom stereocenters. The van der Waals surface area contributed by atoms with Crippen molar-refractivity contribution in [1.82, 2.24) is 14.5 Å². The number of imidazole rings is 1. The van der Waals surface area contributed by atoms with Gasteiger partial charge in [-0.25, -0.2) is 9.78 Å². The van der Waals surface area contributed by atoms with Crippen LogP contribution in [0.2, 0.25) is 0 Å². The maximum absolute atomic E-state index is 12.4. The van der Waals surface area contributed by atoms with Gasteiger partial charge in [-0.15, -0.1) is 0 Å². The largest absolute Gasteiger partial charge is 0.321 e. The molecule has 0 spiro atoms. The van der Waals surface area contributed by atoms with E-state index in [1.165, 1.54) is 0 Å². The number of anilines is 1. The highest BCUT2D eigenvalue weighted by Crippen LogP contribution is 2.33. The van der Waals surface area contributed by atoms with E-state index < -0.39 is 0 Å². The zero-order valence-electron chi connectivity index (χ0n) is 15.4. The molecule has 2 aromatic carbocycles. The molecule has 2 heterocycles. The lowest BCUT2D eigenvalue weighted by Gasteiger charge is -2.41. The summed E-state index contributed by atoms with van der Waals surface area (Å²) in [5.74, 6) is 1.08. The summed E-state index contributed by atoms with van der Waals surface area (Å²) in [4.78, 5) is 19.2. The van der Waals surface area contributed by atoms with E-state index in [0.29, 0.717) is 13.1 Å². The monoisotopic (exact) mass is 348 g/mol. The Morgan fingerprint density at radius 2 is 1.69 bits per heavy atom. The van der Waals surface area contributed by atoms with Crippen LogP contribution >= 0.6 is 0 Å². The van der Waals surface area contributed by atoms with Crippen molar-refractivity contribution in [2.45, 2.75) is 32.2 Å². The summed E-state index contributed by atoms with van der Waals surface area (Å²) in [6, 6.07) is 18.0. The van der Waals surface area contributed by atoms with Crippen LogP contribution in [0.1, 0.15) is 32.6 Å². The van der Waals surface area contributed by atoms with Crippen LogP contribution < -0.4 is 5.32 Å². The first kappa shape index (κ1) is 16.6. The first-order chi connectivity index (χ1) is 12.4. The molecule has 0 bridgehead atoms. The molecule has 0 saturated carbocycles. The fraction of sp³-hybridized carbons (Fsp3) is 0.333. The number of carbonyl (C=O) groups is 1. The summed E-state index contributed by atoms with van der Waals surface area (Å²) in [6.45, 7) is 7.94. The molecule has 3 aromatic rings. The number of hydrogen-bond acceptors (Lipinski definition) is 2. The average molecular weight is 348 g/mol. The van der Waals surface area contributed by atoms with Crippen molar-refractivity contribution in [3.8, 4) is 0 Å². The van der Waals surface area contributed by atoms with E-state index in [1.807, 2.05) is 47.4 Å². The highest BCUT2D eigenvalue weighted by atomic mass is 16.2. The summed E-state index contributed by atoms with van der Waals surface area (Å²) in [5, 5.41) is 2.95. The minimum Gasteiger partial charge on any atom is -0.321 e. The molecule has 4 rings (SSSR count). The number of nitrogens with one attached hydrogen (secondary N) is 1. The van der Waals surface area contributed by atoms with Gasteiger partial charge in [-0.05, 0) is 24.3 Å². The molecule has 2 amide bonds. The predicted octanol–water partition coefficient (Wildman–Crippen LogP) is 4.42. The Morgan fingerprint density at radius 3 is 2.38 bits per heavy atom. The molecule has 1 N–H and O–H groups in total. The molecular formula is C21H24N4O. The van der Waals surface area contributed by atoms with Crippen LogP contribution in [-0.4, -0.2) is 33.6 Å². The topological polar surface area (TPSA) is 50.2 Å². The minimum absolute atomic E-state index is 0.0471. The maximum atomic E-state index is 12.4. The quantitative estimate of drug-likeness (QED) is 0.745. The SMILES string of the molecule is CC(C)(C)c1nc2ccccc2n1C1CN(C(=O)Nc2ccccc2)C1. The van der Waals surface area contributed by atoms with Gasteiger partial charge in [-0.1, -0.05) is 51.1 Å². The second kappa shape index (κ2) is 6.16. The van der Waals surface area contributed by atoms with E-state index in [1.54, 1.807) is 0 Å². The lowest BCUT2D eigenvalue weighted by molar-refractivity contribution is 0.134. The molecule has 0 aliphatic carbocycles. The normalized spacial score (nSPS) is 15.1. The molecule has 0 atom stereocenters. The molecular weight excluding hydrogens is 324 g/mol. The summed E-state index contributed by atoms with van der Waals surface area (Å²) in [6.07, 6.45) is 0. The van der Waals surface area contributed by atoms with E-state index in [2.05, 4.69) is 42.8 Å². The fourth-order valence-corrected chi connectivity index (χ4v) is 3.45. The zero-order valence-corrected chi connectivity index (χ0v) is 15.4. The lowest BCUT2D eigenvalue weighted by Crippen LogP contribution is -2.52. The summed E-state index contributed by atoms with van der Waals surface area (Å²) in [7, 11) is 0. The van der Waals surface area contributed by atoms with Gasteiger partial charge >= 0.3 is 6.03 Å². The van der Waals surface area contributed by atoms with Gasteiger partial charge in [-0.3, -0.25) is 0 Å². The number of hydrogen-bond donors (Lipinski definition) is 1. The third-order valence-corrected chi connectivity index (χ3v) is 4.81. The van der Waals surface area contributed by atoms with E-state index in [4.69, 9.17) is 4.98 Å². The average Bonchev–Trinajstić information content (AvgIpc) is 2.94. The Bertz CT molecular complexity index is 934. The highest BCUT2D eigenvalue weighted by molar-refractivity contribution is 5.90. The van der Waals surface area contributed by atoms with Crippen LogP contribution in [0.4, 0.5) is 10.5 Å². The standard InChI is InChI=1S/C21H24N4O/c1-21(2,3)19-23-17-11-7-8-12-18(17)25(19)16-13-24(14-16)20(26)22-15-9-5-4-6-10-15/h4-12,16H,13-14H2,1-3H3,(H,22,26). The van der Waals surface area contributed by atoms with Gasteiger partial charge in [0.15, 0.2) is 0 Å². The summed E-state index contributed by atoms with van der Waals surface area (Å²) < 4.78 is 2.32. The number of benzene rings is 2. The fourth-order valence-electron chi connectivity index (χ4n) is 3.45. The van der Waals surface area contributed by atoms with Crippen LogP contribution in [0.5, 0.6) is 0 Å². The number of likely N-dealkylation sites (tertiary alicyclic amines) is 1. The number of urea groups is 1. The maximum Gasteiger partial charge on any atom is 0.321 e. The van der Waals surface area contributed by atoms with Gasteiger partial charge in [0.1, 0.15) is 5.82 Å². The third kappa shape index (κ3) is 2.94. The molecule has 134 valence electrons. The molecule has 0 radical (unpaired) electrons. The molecule has 5 nitrogen and oxygen atoms in total. The second-order valence-corrected chi connectivity index (χ2v) is 7.90. The van der Waals surface area contributed by atoms with E-state index in [0.717, 1.165) is 22.5 Å². The van der Waals surface area contributed by atoms with Crippen molar-refractivity contribution >= 4 is 22.8 Å². The van der Waals surface area contributed by atoms with Crippen molar-refractivity contribution in [2.75, 3.05) is 18.4 Å². The third-order valence-electron chi connectivity index (χ3n) is 4.81. The van der Waals surface area contributed by atoms with Gasteiger partial charge in [0.2, 0.25) is 0 Å². The highest BCUT2D eigenvalue weighted by Gasteiger charge is 2.36. The molecule has 1 aromatic heterocycles. The van der Waals surface area contributed by atoms with Gasteiger partial charge in [-0.2, -0.15) is 0 Å². The summed E-state index contributed by atoms with van der Waals surface area (Å²) in [5.41, 5.74) is 2.94. The van der Waals surface area contributed by atoms with Crippen molar-refractivity contribution in [2.24, 2.45) is 0 Å². The van der Waals surface area contributed by atoms with Crippen molar-refractivity contribution in [3.63, 3.8) is 0 Å². The Morgan fingerprint density at radius 1 is 1.04 bits per heavy atom. The Kier molecular flexibility index (Phi) is 3.94.